The Hall–Kier alpha value is -0.730. The fourth-order valence-corrected chi connectivity index (χ4v) is 3.18. The van der Waals surface area contributed by atoms with Gasteiger partial charge in [0.15, 0.2) is 0 Å². The summed E-state index contributed by atoms with van der Waals surface area (Å²) in [4.78, 5) is 13.9. The lowest BCUT2D eigenvalue weighted by Gasteiger charge is -2.30. The van der Waals surface area contributed by atoms with E-state index in [2.05, 4.69) is 12.2 Å². The summed E-state index contributed by atoms with van der Waals surface area (Å²) >= 11 is 0. The highest BCUT2D eigenvalue weighted by atomic mass is 16.2. The first-order chi connectivity index (χ1) is 8.75. The average molecular weight is 252 g/mol. The second-order valence-electron chi connectivity index (χ2n) is 6.19. The number of hydrogen-bond donors (Lipinski definition) is 1. The molecule has 104 valence electrons. The van der Waals surface area contributed by atoms with Gasteiger partial charge in [0.2, 0.25) is 0 Å². The van der Waals surface area contributed by atoms with Gasteiger partial charge in [0, 0.05) is 19.6 Å². The predicted molar refractivity (Wildman–Crippen MR) is 74.6 cm³/mol. The number of rotatable bonds is 3. The van der Waals surface area contributed by atoms with E-state index in [-0.39, 0.29) is 6.03 Å². The van der Waals surface area contributed by atoms with Crippen molar-refractivity contribution in [1.82, 2.24) is 10.2 Å². The van der Waals surface area contributed by atoms with E-state index < -0.39 is 0 Å². The highest BCUT2D eigenvalue weighted by molar-refractivity contribution is 5.74. The van der Waals surface area contributed by atoms with E-state index >= 15 is 0 Å². The van der Waals surface area contributed by atoms with Gasteiger partial charge in [-0.05, 0) is 31.1 Å². The van der Waals surface area contributed by atoms with E-state index in [4.69, 9.17) is 0 Å². The third-order valence-electron chi connectivity index (χ3n) is 4.62. The van der Waals surface area contributed by atoms with Crippen molar-refractivity contribution in [3.8, 4) is 0 Å². The standard InChI is InChI=1S/C15H28N2O/c1-13-8-11-17(12-9-13)15(18)16-10-7-14-5-3-2-4-6-14/h13-14H,2-12H2,1H3,(H,16,18). The highest BCUT2D eigenvalue weighted by Crippen LogP contribution is 2.25. The molecule has 1 saturated heterocycles. The summed E-state index contributed by atoms with van der Waals surface area (Å²) < 4.78 is 0. The number of amides is 2. The molecule has 0 aromatic rings. The molecule has 2 rings (SSSR count). The second kappa shape index (κ2) is 7.01. The number of nitrogens with zero attached hydrogens (tertiary/aromatic N) is 1. The van der Waals surface area contributed by atoms with Gasteiger partial charge in [-0.1, -0.05) is 39.0 Å². The monoisotopic (exact) mass is 252 g/mol. The minimum atomic E-state index is 0.165. The first-order valence-electron chi connectivity index (χ1n) is 7.78. The molecule has 2 aliphatic rings. The van der Waals surface area contributed by atoms with E-state index in [0.29, 0.717) is 0 Å². The molecule has 0 unspecified atom stereocenters. The Kier molecular flexibility index (Phi) is 5.33. The van der Waals surface area contributed by atoms with Gasteiger partial charge in [0.05, 0.1) is 0 Å². The van der Waals surface area contributed by atoms with Crippen LogP contribution < -0.4 is 5.32 Å². The Morgan fingerprint density at radius 1 is 1.11 bits per heavy atom. The maximum absolute atomic E-state index is 12.0. The van der Waals surface area contributed by atoms with Crippen molar-refractivity contribution in [3.05, 3.63) is 0 Å². The third kappa shape index (κ3) is 4.18. The summed E-state index contributed by atoms with van der Waals surface area (Å²) in [7, 11) is 0. The summed E-state index contributed by atoms with van der Waals surface area (Å²) in [6.07, 6.45) is 10.4. The van der Waals surface area contributed by atoms with Crippen molar-refractivity contribution < 1.29 is 4.79 Å². The smallest absolute Gasteiger partial charge is 0.317 e. The number of likely N-dealkylation sites (tertiary alicyclic amines) is 1. The van der Waals surface area contributed by atoms with Crippen molar-refractivity contribution in [2.75, 3.05) is 19.6 Å². The molecule has 1 heterocycles. The lowest BCUT2D eigenvalue weighted by atomic mass is 9.87. The van der Waals surface area contributed by atoms with Crippen LogP contribution in [0.25, 0.3) is 0 Å². The molecule has 3 heteroatoms. The van der Waals surface area contributed by atoms with Crippen LogP contribution in [0, 0.1) is 11.8 Å². The minimum Gasteiger partial charge on any atom is -0.338 e. The van der Waals surface area contributed by atoms with Crippen LogP contribution in [0.4, 0.5) is 4.79 Å². The van der Waals surface area contributed by atoms with Crippen molar-refractivity contribution in [2.45, 2.75) is 58.3 Å². The van der Waals surface area contributed by atoms with E-state index in [9.17, 15) is 4.79 Å². The number of urea groups is 1. The van der Waals surface area contributed by atoms with E-state index in [1.54, 1.807) is 0 Å². The highest BCUT2D eigenvalue weighted by Gasteiger charge is 2.20. The molecule has 0 spiro atoms. The van der Waals surface area contributed by atoms with E-state index in [1.165, 1.54) is 38.5 Å². The predicted octanol–water partition coefficient (Wildman–Crippen LogP) is 3.40. The number of hydrogen-bond acceptors (Lipinski definition) is 1. The molecular weight excluding hydrogens is 224 g/mol. The first kappa shape index (κ1) is 13.7. The van der Waals surface area contributed by atoms with Gasteiger partial charge < -0.3 is 10.2 Å². The molecule has 3 nitrogen and oxygen atoms in total. The topological polar surface area (TPSA) is 32.3 Å². The number of carbonyl (C=O) groups excluding carboxylic acids is 1. The largest absolute Gasteiger partial charge is 0.338 e. The Morgan fingerprint density at radius 2 is 1.78 bits per heavy atom. The third-order valence-corrected chi connectivity index (χ3v) is 4.62. The first-order valence-corrected chi connectivity index (χ1v) is 7.78. The van der Waals surface area contributed by atoms with Gasteiger partial charge in [0.25, 0.3) is 0 Å². The van der Waals surface area contributed by atoms with Crippen LogP contribution >= 0.6 is 0 Å². The lowest BCUT2D eigenvalue weighted by Crippen LogP contribution is -2.44. The van der Waals surface area contributed by atoms with Gasteiger partial charge in [-0.15, -0.1) is 0 Å². The quantitative estimate of drug-likeness (QED) is 0.820. The van der Waals surface area contributed by atoms with Crippen molar-refractivity contribution in [1.29, 1.82) is 0 Å². The molecule has 18 heavy (non-hydrogen) atoms. The molecule has 0 atom stereocenters. The molecule has 1 aliphatic carbocycles. The Labute approximate surface area is 111 Å². The maximum Gasteiger partial charge on any atom is 0.317 e. The molecule has 2 fully saturated rings. The number of nitrogens with one attached hydrogen (secondary N) is 1. The minimum absolute atomic E-state index is 0.165. The van der Waals surface area contributed by atoms with E-state index in [1.807, 2.05) is 4.90 Å². The zero-order valence-electron chi connectivity index (χ0n) is 11.8. The van der Waals surface area contributed by atoms with Gasteiger partial charge >= 0.3 is 6.03 Å². The summed E-state index contributed by atoms with van der Waals surface area (Å²) in [5.41, 5.74) is 0. The zero-order chi connectivity index (χ0) is 12.8. The lowest BCUT2D eigenvalue weighted by molar-refractivity contribution is 0.173. The van der Waals surface area contributed by atoms with Crippen LogP contribution in [0.3, 0.4) is 0 Å². The molecule has 1 N–H and O–H groups in total. The van der Waals surface area contributed by atoms with Crippen LogP contribution in [0.5, 0.6) is 0 Å². The molecule has 1 aliphatic heterocycles. The molecule has 0 radical (unpaired) electrons. The van der Waals surface area contributed by atoms with Crippen molar-refractivity contribution in [2.24, 2.45) is 11.8 Å². The summed E-state index contributed by atoms with van der Waals surface area (Å²) in [5, 5.41) is 3.10. The molecular formula is C15H28N2O. The van der Waals surface area contributed by atoms with Gasteiger partial charge in [-0.2, -0.15) is 0 Å². The normalized spacial score (nSPS) is 23.1. The van der Waals surface area contributed by atoms with Crippen LogP contribution in [0.15, 0.2) is 0 Å². The fourth-order valence-electron chi connectivity index (χ4n) is 3.18. The fraction of sp³-hybridized carbons (Fsp3) is 0.933. The molecule has 0 bridgehead atoms. The van der Waals surface area contributed by atoms with Crippen LogP contribution in [-0.4, -0.2) is 30.6 Å². The molecule has 0 aromatic heterocycles. The Morgan fingerprint density at radius 3 is 2.44 bits per heavy atom. The Balaban J connectivity index is 1.59. The van der Waals surface area contributed by atoms with Crippen molar-refractivity contribution in [3.63, 3.8) is 0 Å². The summed E-state index contributed by atoms with van der Waals surface area (Å²) in [5.74, 6) is 1.65. The molecule has 0 aromatic carbocycles. The van der Waals surface area contributed by atoms with E-state index in [0.717, 1.165) is 44.3 Å². The van der Waals surface area contributed by atoms with Gasteiger partial charge in [-0.3, -0.25) is 0 Å². The number of piperidine rings is 1. The molecule has 1 saturated carbocycles. The SMILES string of the molecule is CC1CCN(C(=O)NCCC2CCCCC2)CC1. The van der Waals surface area contributed by atoms with Crippen LogP contribution in [0.2, 0.25) is 0 Å². The van der Waals surface area contributed by atoms with Crippen LogP contribution in [0.1, 0.15) is 58.3 Å². The summed E-state index contributed by atoms with van der Waals surface area (Å²) in [6.45, 7) is 5.03. The second-order valence-corrected chi connectivity index (χ2v) is 6.19. The summed E-state index contributed by atoms with van der Waals surface area (Å²) in [6, 6.07) is 0.165. The average Bonchev–Trinajstić information content (AvgIpc) is 2.40. The number of carbonyl (C=O) groups is 1. The van der Waals surface area contributed by atoms with Crippen LogP contribution in [-0.2, 0) is 0 Å². The zero-order valence-corrected chi connectivity index (χ0v) is 11.8. The van der Waals surface area contributed by atoms with Crippen molar-refractivity contribution >= 4 is 6.03 Å². The molecule has 2 amide bonds. The Bertz CT molecular complexity index is 253. The van der Waals surface area contributed by atoms with Gasteiger partial charge in [0.1, 0.15) is 0 Å². The van der Waals surface area contributed by atoms with Gasteiger partial charge in [-0.25, -0.2) is 4.79 Å². The maximum atomic E-state index is 12.0.